The number of cyclic esters (lactones) is 1. The van der Waals surface area contributed by atoms with Gasteiger partial charge >= 0.3 is 5.97 Å². The summed E-state index contributed by atoms with van der Waals surface area (Å²) in [4.78, 5) is 24.4. The summed E-state index contributed by atoms with van der Waals surface area (Å²) in [5.41, 5.74) is 0.898. The Bertz CT molecular complexity index is 551. The molecule has 23 heavy (non-hydrogen) atoms. The highest BCUT2D eigenvalue weighted by atomic mass is 16.5. The first-order valence-corrected chi connectivity index (χ1v) is 8.25. The molecular weight excluding hydrogens is 290 g/mol. The van der Waals surface area contributed by atoms with Crippen molar-refractivity contribution in [2.24, 2.45) is 11.8 Å². The molecule has 1 aromatic carbocycles. The van der Waals surface area contributed by atoms with Gasteiger partial charge in [0, 0.05) is 12.3 Å². The van der Waals surface area contributed by atoms with Gasteiger partial charge in [-0.15, -0.1) is 0 Å². The Kier molecular flexibility index (Phi) is 6.39. The predicted molar refractivity (Wildman–Crippen MR) is 89.6 cm³/mol. The van der Waals surface area contributed by atoms with Gasteiger partial charge in [0.2, 0.25) is 5.91 Å². The maximum atomic E-state index is 12.4. The van der Waals surface area contributed by atoms with Crippen LogP contribution in [0.5, 0.6) is 0 Å². The van der Waals surface area contributed by atoms with E-state index in [4.69, 9.17) is 4.74 Å². The molecule has 0 aliphatic carbocycles. The van der Waals surface area contributed by atoms with Gasteiger partial charge in [-0.05, 0) is 24.3 Å². The molecule has 0 fully saturated rings. The van der Waals surface area contributed by atoms with E-state index in [9.17, 15) is 9.59 Å². The van der Waals surface area contributed by atoms with Gasteiger partial charge in [-0.3, -0.25) is 9.59 Å². The second kappa shape index (κ2) is 8.51. The number of carbonyl (C=O) groups is 2. The Labute approximate surface area is 137 Å². The van der Waals surface area contributed by atoms with Crippen LogP contribution in [0.3, 0.4) is 0 Å². The lowest BCUT2D eigenvalue weighted by Crippen LogP contribution is -2.37. The van der Waals surface area contributed by atoms with Gasteiger partial charge in [0.1, 0.15) is 6.10 Å². The SMILES string of the molecule is CC(C)[C@@H]1C/C=C/CCC(=O)O[C@@H](c2ccccc2)CNC1=O. The van der Waals surface area contributed by atoms with Gasteiger partial charge in [0.15, 0.2) is 0 Å². The van der Waals surface area contributed by atoms with E-state index in [-0.39, 0.29) is 23.7 Å². The van der Waals surface area contributed by atoms with Crippen molar-refractivity contribution in [1.29, 1.82) is 0 Å². The van der Waals surface area contributed by atoms with Crippen molar-refractivity contribution in [2.45, 2.75) is 39.2 Å². The molecule has 1 aromatic rings. The number of ether oxygens (including phenoxy) is 1. The van der Waals surface area contributed by atoms with E-state index in [1.165, 1.54) is 0 Å². The third-order valence-corrected chi connectivity index (χ3v) is 4.12. The lowest BCUT2D eigenvalue weighted by Gasteiger charge is -2.23. The Morgan fingerprint density at radius 2 is 1.87 bits per heavy atom. The summed E-state index contributed by atoms with van der Waals surface area (Å²) in [6, 6.07) is 9.55. The summed E-state index contributed by atoms with van der Waals surface area (Å²) in [7, 11) is 0. The van der Waals surface area contributed by atoms with Gasteiger partial charge in [-0.25, -0.2) is 0 Å². The fourth-order valence-corrected chi connectivity index (χ4v) is 2.68. The first kappa shape index (κ1) is 17.3. The number of allylic oxidation sites excluding steroid dienone is 2. The summed E-state index contributed by atoms with van der Waals surface area (Å²) in [6.07, 6.45) is 5.22. The fourth-order valence-electron chi connectivity index (χ4n) is 2.68. The van der Waals surface area contributed by atoms with Crippen LogP contribution in [0.25, 0.3) is 0 Å². The standard InChI is InChI=1S/C19H25NO3/c1-14(2)16-11-7-4-8-12-18(21)23-17(13-20-19(16)22)15-9-5-3-6-10-15/h3-7,9-10,14,16-17H,8,11-13H2,1-2H3,(H,20,22)/b7-4+/t16-,17+/m0/s1. The van der Waals surface area contributed by atoms with E-state index < -0.39 is 6.10 Å². The topological polar surface area (TPSA) is 55.4 Å². The zero-order chi connectivity index (χ0) is 16.7. The van der Waals surface area contributed by atoms with Crippen LogP contribution in [0.15, 0.2) is 42.5 Å². The minimum Gasteiger partial charge on any atom is -0.456 e. The van der Waals surface area contributed by atoms with Crippen LogP contribution in [0.1, 0.15) is 44.8 Å². The molecule has 1 amide bonds. The van der Waals surface area contributed by atoms with Crippen LogP contribution in [-0.4, -0.2) is 18.4 Å². The highest BCUT2D eigenvalue weighted by Crippen LogP contribution is 2.21. The summed E-state index contributed by atoms with van der Waals surface area (Å²) < 4.78 is 5.57. The molecule has 4 heteroatoms. The van der Waals surface area contributed by atoms with Gasteiger partial charge in [-0.1, -0.05) is 56.3 Å². The zero-order valence-electron chi connectivity index (χ0n) is 13.8. The summed E-state index contributed by atoms with van der Waals surface area (Å²) in [6.45, 7) is 4.42. The zero-order valence-corrected chi connectivity index (χ0v) is 13.8. The largest absolute Gasteiger partial charge is 0.456 e. The van der Waals surface area contributed by atoms with Crippen LogP contribution in [0.2, 0.25) is 0 Å². The number of hydrogen-bond donors (Lipinski definition) is 1. The number of carbonyl (C=O) groups excluding carboxylic acids is 2. The summed E-state index contributed by atoms with van der Waals surface area (Å²) >= 11 is 0. The molecule has 0 saturated carbocycles. The third kappa shape index (κ3) is 5.23. The van der Waals surface area contributed by atoms with Crippen LogP contribution in [0.4, 0.5) is 0 Å². The maximum Gasteiger partial charge on any atom is 0.306 e. The molecular formula is C19H25NO3. The molecule has 1 aliphatic heterocycles. The van der Waals surface area contributed by atoms with Crippen molar-refractivity contribution in [1.82, 2.24) is 5.32 Å². The second-order valence-electron chi connectivity index (χ2n) is 6.23. The molecule has 4 nitrogen and oxygen atoms in total. The number of rotatable bonds is 2. The van der Waals surface area contributed by atoms with E-state index in [1.54, 1.807) is 0 Å². The van der Waals surface area contributed by atoms with Gasteiger partial charge in [-0.2, -0.15) is 0 Å². The van der Waals surface area contributed by atoms with E-state index >= 15 is 0 Å². The minimum absolute atomic E-state index is 0.0159. The molecule has 1 aliphatic rings. The van der Waals surface area contributed by atoms with E-state index in [2.05, 4.69) is 19.2 Å². The molecule has 2 atom stereocenters. The van der Waals surface area contributed by atoms with Crippen molar-refractivity contribution in [3.8, 4) is 0 Å². The molecule has 0 aromatic heterocycles. The van der Waals surface area contributed by atoms with Crippen molar-refractivity contribution in [3.05, 3.63) is 48.0 Å². The van der Waals surface area contributed by atoms with Crippen molar-refractivity contribution >= 4 is 11.9 Å². The molecule has 2 rings (SSSR count). The Morgan fingerprint density at radius 3 is 2.57 bits per heavy atom. The maximum absolute atomic E-state index is 12.4. The quantitative estimate of drug-likeness (QED) is 0.672. The van der Waals surface area contributed by atoms with Gasteiger partial charge in [0.05, 0.1) is 6.54 Å². The van der Waals surface area contributed by atoms with Gasteiger partial charge in [0.25, 0.3) is 0 Å². The van der Waals surface area contributed by atoms with E-state index in [0.29, 0.717) is 25.8 Å². The summed E-state index contributed by atoms with van der Waals surface area (Å²) in [5, 5.41) is 2.95. The number of esters is 1. The second-order valence-corrected chi connectivity index (χ2v) is 6.23. The van der Waals surface area contributed by atoms with E-state index in [1.807, 2.05) is 42.5 Å². The van der Waals surface area contributed by atoms with Crippen LogP contribution >= 0.6 is 0 Å². The lowest BCUT2D eigenvalue weighted by atomic mass is 9.91. The van der Waals surface area contributed by atoms with Crippen molar-refractivity contribution in [2.75, 3.05) is 6.54 Å². The Balaban J connectivity index is 2.17. The fraction of sp³-hybridized carbons (Fsp3) is 0.474. The minimum atomic E-state index is -0.441. The Morgan fingerprint density at radius 1 is 1.13 bits per heavy atom. The first-order valence-electron chi connectivity index (χ1n) is 8.25. The molecule has 0 saturated heterocycles. The van der Waals surface area contributed by atoms with Gasteiger partial charge < -0.3 is 10.1 Å². The van der Waals surface area contributed by atoms with Crippen LogP contribution in [-0.2, 0) is 14.3 Å². The molecule has 1 N–H and O–H groups in total. The average molecular weight is 315 g/mol. The monoisotopic (exact) mass is 315 g/mol. The highest BCUT2D eigenvalue weighted by molar-refractivity contribution is 5.79. The van der Waals surface area contributed by atoms with Crippen molar-refractivity contribution in [3.63, 3.8) is 0 Å². The predicted octanol–water partition coefficient (Wildman–Crippen LogP) is 3.40. The number of hydrogen-bond acceptors (Lipinski definition) is 3. The van der Waals surface area contributed by atoms with Crippen molar-refractivity contribution < 1.29 is 14.3 Å². The van der Waals surface area contributed by atoms with E-state index in [0.717, 1.165) is 5.56 Å². The smallest absolute Gasteiger partial charge is 0.306 e. The number of amides is 1. The highest BCUT2D eigenvalue weighted by Gasteiger charge is 2.24. The average Bonchev–Trinajstić information content (AvgIpc) is 2.53. The number of nitrogens with one attached hydrogen (secondary N) is 1. The molecule has 0 spiro atoms. The Hall–Kier alpha value is -2.10. The molecule has 0 bridgehead atoms. The number of benzene rings is 1. The lowest BCUT2D eigenvalue weighted by molar-refractivity contribution is -0.150. The van der Waals surface area contributed by atoms with Crippen LogP contribution in [0, 0.1) is 11.8 Å². The molecule has 124 valence electrons. The molecule has 1 heterocycles. The summed E-state index contributed by atoms with van der Waals surface area (Å²) in [5.74, 6) is -0.0148. The first-order chi connectivity index (χ1) is 11.1. The molecule has 0 radical (unpaired) electrons. The molecule has 0 unspecified atom stereocenters. The normalized spacial score (nSPS) is 25.0. The van der Waals surface area contributed by atoms with Crippen LogP contribution < -0.4 is 5.32 Å². The third-order valence-electron chi connectivity index (χ3n) is 4.12.